The van der Waals surface area contributed by atoms with Crippen LogP contribution in [0.25, 0.3) is 0 Å². The zero-order valence-electron chi connectivity index (χ0n) is 9.83. The third-order valence-corrected chi connectivity index (χ3v) is 2.97. The fourth-order valence-corrected chi connectivity index (χ4v) is 1.79. The van der Waals surface area contributed by atoms with Gasteiger partial charge in [0.2, 0.25) is 5.95 Å². The normalized spacial score (nSPS) is 12.4. The summed E-state index contributed by atoms with van der Waals surface area (Å²) in [5.41, 5.74) is 5.54. The Kier molecular flexibility index (Phi) is 5.52. The molecule has 16 heavy (non-hydrogen) atoms. The lowest BCUT2D eigenvalue weighted by Gasteiger charge is -2.15. The summed E-state index contributed by atoms with van der Waals surface area (Å²) in [6.07, 6.45) is 6.58. The van der Waals surface area contributed by atoms with Crippen LogP contribution in [0.4, 0.5) is 11.8 Å². The minimum absolute atomic E-state index is 0.298. The van der Waals surface area contributed by atoms with Crippen molar-refractivity contribution in [1.82, 2.24) is 9.97 Å². The van der Waals surface area contributed by atoms with Gasteiger partial charge < -0.3 is 11.1 Å². The molecule has 1 aromatic rings. The number of hydrogen-bond donors (Lipinski definition) is 2. The highest BCUT2D eigenvalue weighted by Gasteiger charge is 2.07. The van der Waals surface area contributed by atoms with Crippen molar-refractivity contribution < 1.29 is 0 Å². The maximum atomic E-state index is 5.54. The van der Waals surface area contributed by atoms with Crippen LogP contribution in [0.5, 0.6) is 0 Å². The van der Waals surface area contributed by atoms with Crippen LogP contribution in [0.1, 0.15) is 39.5 Å². The summed E-state index contributed by atoms with van der Waals surface area (Å²) in [5.74, 6) is 1.07. The van der Waals surface area contributed by atoms with E-state index in [1.54, 1.807) is 6.20 Å². The van der Waals surface area contributed by atoms with E-state index in [1.807, 2.05) is 0 Å². The number of hydrogen-bond acceptors (Lipinski definition) is 4. The first-order valence-corrected chi connectivity index (χ1v) is 6.47. The van der Waals surface area contributed by atoms with Gasteiger partial charge in [-0.3, -0.25) is 0 Å². The Bertz CT molecular complexity index is 330. The van der Waals surface area contributed by atoms with Gasteiger partial charge >= 0.3 is 0 Å². The maximum Gasteiger partial charge on any atom is 0.221 e. The molecule has 0 bridgehead atoms. The van der Waals surface area contributed by atoms with E-state index < -0.39 is 0 Å². The van der Waals surface area contributed by atoms with Crippen molar-refractivity contribution in [2.45, 2.75) is 45.6 Å². The van der Waals surface area contributed by atoms with E-state index >= 15 is 0 Å². The molecule has 0 aliphatic heterocycles. The number of nitrogen functional groups attached to an aromatic ring is 1. The summed E-state index contributed by atoms with van der Waals surface area (Å²) >= 11 is 3.40. The Labute approximate surface area is 105 Å². The van der Waals surface area contributed by atoms with Crippen LogP contribution in [0.3, 0.4) is 0 Å². The van der Waals surface area contributed by atoms with E-state index in [9.17, 15) is 0 Å². The molecule has 0 spiro atoms. The van der Waals surface area contributed by atoms with Crippen LogP contribution >= 0.6 is 15.9 Å². The summed E-state index contributed by atoms with van der Waals surface area (Å²) in [6.45, 7) is 4.36. The van der Waals surface area contributed by atoms with Crippen molar-refractivity contribution in [2.75, 3.05) is 11.1 Å². The Morgan fingerprint density at radius 1 is 1.50 bits per heavy atom. The van der Waals surface area contributed by atoms with E-state index in [4.69, 9.17) is 5.73 Å². The predicted molar refractivity (Wildman–Crippen MR) is 71.4 cm³/mol. The average Bonchev–Trinajstić information content (AvgIpc) is 2.24. The van der Waals surface area contributed by atoms with E-state index in [-0.39, 0.29) is 0 Å². The number of rotatable bonds is 6. The van der Waals surface area contributed by atoms with E-state index in [0.29, 0.717) is 12.0 Å². The van der Waals surface area contributed by atoms with Gasteiger partial charge in [0.25, 0.3) is 0 Å². The number of aromatic nitrogens is 2. The molecule has 0 aromatic carbocycles. The van der Waals surface area contributed by atoms with Gasteiger partial charge in [-0.2, -0.15) is 4.98 Å². The van der Waals surface area contributed by atoms with Gasteiger partial charge in [-0.1, -0.05) is 26.2 Å². The van der Waals surface area contributed by atoms with Crippen LogP contribution in [-0.4, -0.2) is 16.0 Å². The lowest BCUT2D eigenvalue weighted by Crippen LogP contribution is -2.16. The van der Waals surface area contributed by atoms with E-state index in [0.717, 1.165) is 16.7 Å². The number of nitrogens with two attached hydrogens (primary N) is 1. The molecule has 4 nitrogen and oxygen atoms in total. The Morgan fingerprint density at radius 2 is 2.25 bits per heavy atom. The second-order valence-electron chi connectivity index (χ2n) is 3.97. The molecule has 0 saturated heterocycles. The molecule has 1 heterocycles. The number of unbranched alkanes of at least 4 members (excludes halogenated alkanes) is 2. The van der Waals surface area contributed by atoms with Crippen LogP contribution in [-0.2, 0) is 0 Å². The summed E-state index contributed by atoms with van der Waals surface area (Å²) in [6, 6.07) is 0.400. The third-order valence-electron chi connectivity index (χ3n) is 2.39. The van der Waals surface area contributed by atoms with Crippen molar-refractivity contribution in [2.24, 2.45) is 0 Å². The van der Waals surface area contributed by atoms with Gasteiger partial charge in [-0.05, 0) is 29.3 Å². The van der Waals surface area contributed by atoms with Crippen LogP contribution in [0.2, 0.25) is 0 Å². The number of nitrogens with one attached hydrogen (secondary N) is 1. The van der Waals surface area contributed by atoms with Gasteiger partial charge in [-0.25, -0.2) is 4.98 Å². The van der Waals surface area contributed by atoms with Gasteiger partial charge in [-0.15, -0.1) is 0 Å². The minimum atomic E-state index is 0.298. The van der Waals surface area contributed by atoms with Crippen molar-refractivity contribution >= 4 is 27.7 Å². The van der Waals surface area contributed by atoms with E-state index in [1.165, 1.54) is 19.3 Å². The molecule has 1 aromatic heterocycles. The quantitative estimate of drug-likeness (QED) is 0.789. The summed E-state index contributed by atoms with van der Waals surface area (Å²) < 4.78 is 0.851. The maximum absolute atomic E-state index is 5.54. The molecule has 1 rings (SSSR count). The molecule has 1 unspecified atom stereocenters. The molecule has 5 heteroatoms. The Balaban J connectivity index is 2.48. The number of nitrogens with zero attached hydrogens (tertiary/aromatic N) is 2. The lowest BCUT2D eigenvalue weighted by molar-refractivity contribution is 0.613. The highest BCUT2D eigenvalue weighted by atomic mass is 79.9. The van der Waals surface area contributed by atoms with Gasteiger partial charge in [0.1, 0.15) is 5.82 Å². The first-order valence-electron chi connectivity index (χ1n) is 5.68. The molecule has 90 valence electrons. The fourth-order valence-electron chi connectivity index (χ4n) is 1.49. The van der Waals surface area contributed by atoms with Crippen LogP contribution in [0.15, 0.2) is 10.7 Å². The van der Waals surface area contributed by atoms with Crippen LogP contribution in [0, 0.1) is 0 Å². The molecule has 0 amide bonds. The van der Waals surface area contributed by atoms with Crippen molar-refractivity contribution in [3.05, 3.63) is 10.7 Å². The van der Waals surface area contributed by atoms with Crippen molar-refractivity contribution in [3.8, 4) is 0 Å². The second kappa shape index (κ2) is 6.68. The average molecular weight is 287 g/mol. The minimum Gasteiger partial charge on any atom is -0.368 e. The molecule has 0 fully saturated rings. The molecule has 0 aliphatic carbocycles. The standard InChI is InChI=1S/C11H19BrN4/c1-3-4-5-6-8(2)15-10-9(12)7-14-11(13)16-10/h7-8H,3-6H2,1-2H3,(H3,13,14,15,16). The largest absolute Gasteiger partial charge is 0.368 e. The van der Waals surface area contributed by atoms with Gasteiger partial charge in [0.05, 0.1) is 4.47 Å². The smallest absolute Gasteiger partial charge is 0.221 e. The highest BCUT2D eigenvalue weighted by molar-refractivity contribution is 9.10. The summed E-state index contributed by atoms with van der Waals surface area (Å²) in [5, 5.41) is 3.33. The summed E-state index contributed by atoms with van der Waals surface area (Å²) in [4.78, 5) is 8.05. The molecule has 0 radical (unpaired) electrons. The first kappa shape index (κ1) is 13.2. The zero-order chi connectivity index (χ0) is 12.0. The zero-order valence-corrected chi connectivity index (χ0v) is 11.4. The summed E-state index contributed by atoms with van der Waals surface area (Å²) in [7, 11) is 0. The molecule has 1 atom stereocenters. The predicted octanol–water partition coefficient (Wildman–Crippen LogP) is 3.20. The van der Waals surface area contributed by atoms with Crippen molar-refractivity contribution in [3.63, 3.8) is 0 Å². The number of anilines is 2. The number of halogens is 1. The second-order valence-corrected chi connectivity index (χ2v) is 4.82. The highest BCUT2D eigenvalue weighted by Crippen LogP contribution is 2.20. The molecular weight excluding hydrogens is 268 g/mol. The Hall–Kier alpha value is -0.840. The van der Waals surface area contributed by atoms with Crippen LogP contribution < -0.4 is 11.1 Å². The molecule has 0 aliphatic rings. The molecular formula is C11H19BrN4. The van der Waals surface area contributed by atoms with E-state index in [2.05, 4.69) is 45.1 Å². The fraction of sp³-hybridized carbons (Fsp3) is 0.636. The topological polar surface area (TPSA) is 63.8 Å². The SMILES string of the molecule is CCCCCC(C)Nc1nc(N)ncc1Br. The molecule has 3 N–H and O–H groups in total. The van der Waals surface area contributed by atoms with Gasteiger partial charge in [0.15, 0.2) is 0 Å². The van der Waals surface area contributed by atoms with Crippen molar-refractivity contribution in [1.29, 1.82) is 0 Å². The first-order chi connectivity index (χ1) is 7.63. The Morgan fingerprint density at radius 3 is 2.94 bits per heavy atom. The third kappa shape index (κ3) is 4.35. The molecule has 0 saturated carbocycles. The van der Waals surface area contributed by atoms with Gasteiger partial charge in [0, 0.05) is 12.2 Å². The monoisotopic (exact) mass is 286 g/mol. The lowest BCUT2D eigenvalue weighted by atomic mass is 10.1.